The second-order valence-corrected chi connectivity index (χ2v) is 36.3. The van der Waals surface area contributed by atoms with Crippen LogP contribution in [-0.4, -0.2) is 38.4 Å². The van der Waals surface area contributed by atoms with E-state index in [4.69, 9.17) is 18.9 Å². The van der Waals surface area contributed by atoms with Gasteiger partial charge in [-0.05, 0) is 287 Å². The van der Waals surface area contributed by atoms with E-state index in [1.54, 1.807) is 11.1 Å². The van der Waals surface area contributed by atoms with Gasteiger partial charge >= 0.3 is 11.9 Å². The number of hydrogen-bond donors (Lipinski definition) is 0. The minimum atomic E-state index is -0.884. The normalized spacial score (nSPS) is 12.4. The Bertz CT molecular complexity index is 5260. The molecular formula is C120H146N2O6. The van der Waals surface area contributed by atoms with E-state index in [0.29, 0.717) is 35.8 Å². The lowest BCUT2D eigenvalue weighted by molar-refractivity contribution is 0.0511. The van der Waals surface area contributed by atoms with Crippen LogP contribution in [0.4, 0.5) is 34.1 Å². The van der Waals surface area contributed by atoms with Gasteiger partial charge in [0.2, 0.25) is 0 Å². The van der Waals surface area contributed by atoms with Crippen molar-refractivity contribution in [2.75, 3.05) is 36.2 Å². The van der Waals surface area contributed by atoms with Crippen molar-refractivity contribution in [3.8, 4) is 33.8 Å². The Balaban J connectivity index is 0.000000177. The Morgan fingerprint density at radius 3 is 1.02 bits per heavy atom. The molecule has 0 radical (unpaired) electrons. The van der Waals surface area contributed by atoms with Crippen LogP contribution in [0, 0.1) is 41.5 Å². The lowest BCUT2D eigenvalue weighted by Gasteiger charge is -2.35. The zero-order valence-electron chi connectivity index (χ0n) is 80.1. The molecule has 8 heteroatoms. The molecule has 0 N–H and O–H groups in total. The van der Waals surface area contributed by atoms with Gasteiger partial charge in [0.1, 0.15) is 22.6 Å². The number of esters is 2. The Hall–Kier alpha value is -11.0. The number of anilines is 6. The number of benzene rings is 12. The van der Waals surface area contributed by atoms with Gasteiger partial charge in [-0.15, -0.1) is 0 Å². The number of unbranched alkanes of at least 4 members (excludes halogenated alkanes) is 18. The van der Waals surface area contributed by atoms with E-state index in [2.05, 4.69) is 311 Å². The molecule has 2 aliphatic carbocycles. The van der Waals surface area contributed by atoms with E-state index in [0.717, 1.165) is 131 Å². The maximum absolute atomic E-state index is 13.7. The number of carbonyl (C=O) groups excluding carboxylic acids is 2. The molecule has 2 aliphatic rings. The first kappa shape index (κ1) is 96.1. The summed E-state index contributed by atoms with van der Waals surface area (Å²) in [5, 5.41) is 2.88. The second-order valence-electron chi connectivity index (χ2n) is 36.3. The molecule has 0 fully saturated rings. The highest BCUT2D eigenvalue weighted by Crippen LogP contribution is 2.59. The molecule has 0 atom stereocenters. The molecule has 8 nitrogen and oxygen atoms in total. The van der Waals surface area contributed by atoms with Crippen LogP contribution in [-0.2, 0) is 33.1 Å². The Kier molecular flexibility index (Phi) is 36.0. The van der Waals surface area contributed by atoms with E-state index in [-0.39, 0.29) is 18.6 Å². The van der Waals surface area contributed by atoms with Gasteiger partial charge in [0.05, 0.1) is 31.8 Å². The van der Waals surface area contributed by atoms with Crippen LogP contribution < -0.4 is 19.3 Å². The number of ether oxygens (including phenoxy) is 4. The topological polar surface area (TPSA) is 77.5 Å². The van der Waals surface area contributed by atoms with Crippen molar-refractivity contribution in [1.82, 2.24) is 0 Å². The van der Waals surface area contributed by atoms with Gasteiger partial charge in [0, 0.05) is 39.5 Å². The largest absolute Gasteiger partial charge is 0.493 e. The van der Waals surface area contributed by atoms with Crippen LogP contribution in [0.15, 0.2) is 243 Å². The summed E-state index contributed by atoms with van der Waals surface area (Å²) in [6, 6.07) is 88.7. The van der Waals surface area contributed by atoms with Crippen LogP contribution in [0.1, 0.15) is 321 Å². The maximum atomic E-state index is 13.7. The van der Waals surface area contributed by atoms with Crippen molar-refractivity contribution in [3.05, 3.63) is 332 Å². The fraction of sp³-hybridized carbons (Fsp3) is 0.400. The van der Waals surface area contributed by atoms with E-state index in [1.165, 1.54) is 182 Å². The second kappa shape index (κ2) is 47.9. The smallest absolute Gasteiger partial charge is 0.341 e. The van der Waals surface area contributed by atoms with Crippen LogP contribution in [0.25, 0.3) is 33.0 Å². The van der Waals surface area contributed by atoms with Crippen molar-refractivity contribution < 1.29 is 28.5 Å². The average Bonchev–Trinajstić information content (AvgIpc) is 1.53. The fourth-order valence-corrected chi connectivity index (χ4v) is 19.4. The first-order valence-corrected chi connectivity index (χ1v) is 49.2. The lowest BCUT2D eigenvalue weighted by Crippen LogP contribution is -2.30. The number of nitrogens with zero attached hydrogens (tertiary/aromatic N) is 2. The molecule has 128 heavy (non-hydrogen) atoms. The van der Waals surface area contributed by atoms with Gasteiger partial charge in [-0.2, -0.15) is 0 Å². The zero-order chi connectivity index (χ0) is 90.4. The van der Waals surface area contributed by atoms with Gasteiger partial charge in [-0.25, -0.2) is 9.59 Å². The highest BCUT2D eigenvalue weighted by molar-refractivity contribution is 6.04. The maximum Gasteiger partial charge on any atom is 0.341 e. The Labute approximate surface area is 769 Å². The standard InChI is InChI=1S/C45H54O6.C40H44N2.C35H48/c1-7-11-13-15-25-50-41-23-19-33(29-37(41)43(46)48-9-3)45(39-27-31(5)17-21-35(39)36-22-18-32(6)28-40(36)45)34-20-24-42(51-26-16-14-12-8-2)38(30-34)44(47)49-10-4;1-5-7-9-33-15-23-37(24-16-33)41(35-19-11-31(3)12-20-35)39-27-29-40(30-28-39)42(36-21-13-32(4)14-22-36)38-25-17-34(18-26-38)10-8-6-2;1-5-7-9-11-13-17-23-35(24-18-14-12-10-8-6-2)32-25-27(3)21-22-31(32)34-30-20-16-15-19-29(30)28(4)26-33(34)35/h17-24,27-30H,7-16,25-26H2,1-6H3;11-30H,5-10H2,1-4H3;15-16,19-22,25-26H,5-14,17-18,23-24H2,1-4H3. The number of carbonyl (C=O) groups is 2. The summed E-state index contributed by atoms with van der Waals surface area (Å²) in [6.45, 7) is 31.7. The first-order valence-electron chi connectivity index (χ1n) is 49.2. The molecule has 672 valence electrons. The van der Waals surface area contributed by atoms with Gasteiger partial charge in [-0.1, -0.05) is 343 Å². The first-order chi connectivity index (χ1) is 62.5. The number of fused-ring (bicyclic) bond motifs is 8. The number of rotatable bonds is 44. The molecule has 0 unspecified atom stereocenters. The monoisotopic (exact) mass is 1710 g/mol. The molecule has 12 aromatic rings. The molecule has 0 amide bonds. The van der Waals surface area contributed by atoms with E-state index in [1.807, 2.05) is 38.1 Å². The third kappa shape index (κ3) is 23.4. The molecule has 12 aromatic carbocycles. The summed E-state index contributed by atoms with van der Waals surface area (Å²) in [5.74, 6) is 0.165. The quantitative estimate of drug-likeness (QED) is 0.0276. The summed E-state index contributed by atoms with van der Waals surface area (Å²) in [5.41, 5.74) is 29.9. The molecule has 0 bridgehead atoms. The van der Waals surface area contributed by atoms with Gasteiger partial charge < -0.3 is 28.7 Å². The zero-order valence-corrected chi connectivity index (χ0v) is 80.1. The minimum Gasteiger partial charge on any atom is -0.493 e. The average molecular weight is 1710 g/mol. The summed E-state index contributed by atoms with van der Waals surface area (Å²) in [4.78, 5) is 32.0. The molecule has 0 saturated carbocycles. The van der Waals surface area contributed by atoms with E-state index < -0.39 is 17.4 Å². The molecule has 14 rings (SSSR count). The van der Waals surface area contributed by atoms with Crippen LogP contribution in [0.3, 0.4) is 0 Å². The predicted octanol–water partition coefficient (Wildman–Crippen LogP) is 34.1. The van der Waals surface area contributed by atoms with Gasteiger partial charge in [-0.3, -0.25) is 0 Å². The lowest BCUT2D eigenvalue weighted by atomic mass is 9.66. The molecule has 0 heterocycles. The van der Waals surface area contributed by atoms with Crippen molar-refractivity contribution in [1.29, 1.82) is 0 Å². The van der Waals surface area contributed by atoms with Crippen molar-refractivity contribution in [2.45, 2.75) is 288 Å². The summed E-state index contributed by atoms with van der Waals surface area (Å²) in [7, 11) is 0. The number of hydrogen-bond acceptors (Lipinski definition) is 8. The van der Waals surface area contributed by atoms with Crippen LogP contribution >= 0.6 is 0 Å². The van der Waals surface area contributed by atoms with Gasteiger partial charge in [0.25, 0.3) is 0 Å². The van der Waals surface area contributed by atoms with E-state index in [9.17, 15) is 9.59 Å². The fourth-order valence-electron chi connectivity index (χ4n) is 19.4. The van der Waals surface area contributed by atoms with Crippen molar-refractivity contribution >= 4 is 56.8 Å². The van der Waals surface area contributed by atoms with Crippen LogP contribution in [0.2, 0.25) is 0 Å². The SMILES string of the molecule is CCCCCCCCC1(CCCCCCCC)c2cc(C)ccc2-c2c1cc(C)c1ccccc21.CCCCCCOc1ccc(C2(c3ccc(OCCCCCC)c(C(=O)OCC)c3)c3cc(C)ccc3-c3ccc(C)cc32)cc1C(=O)OCC.CCCCc1ccc(N(c2ccc(C)cc2)c2ccc(N(c3ccc(C)cc3)c3ccc(CCCC)cc3)cc2)cc1. The summed E-state index contributed by atoms with van der Waals surface area (Å²) < 4.78 is 23.7. The highest BCUT2D eigenvalue weighted by atomic mass is 16.5. The minimum absolute atomic E-state index is 0.182. The van der Waals surface area contributed by atoms with Crippen LogP contribution in [0.5, 0.6) is 11.5 Å². The molecule has 0 aromatic heterocycles. The van der Waals surface area contributed by atoms with Crippen molar-refractivity contribution in [3.63, 3.8) is 0 Å². The van der Waals surface area contributed by atoms with E-state index >= 15 is 0 Å². The summed E-state index contributed by atoms with van der Waals surface area (Å²) in [6.07, 6.45) is 34.7. The van der Waals surface area contributed by atoms with Crippen molar-refractivity contribution in [2.24, 2.45) is 0 Å². The molecular weight excluding hydrogens is 1570 g/mol. The Morgan fingerprint density at radius 2 is 0.633 bits per heavy atom. The highest BCUT2D eigenvalue weighted by Gasteiger charge is 2.48. The third-order valence-corrected chi connectivity index (χ3v) is 26.4. The number of aryl methyl sites for hydroxylation is 8. The molecule has 0 spiro atoms. The van der Waals surface area contributed by atoms with Gasteiger partial charge in [0.15, 0.2) is 0 Å². The summed E-state index contributed by atoms with van der Waals surface area (Å²) >= 11 is 0. The molecule has 0 saturated heterocycles. The Morgan fingerprint density at radius 1 is 0.297 bits per heavy atom. The third-order valence-electron chi connectivity index (χ3n) is 26.4. The molecule has 0 aliphatic heterocycles. The predicted molar refractivity (Wildman–Crippen MR) is 543 cm³/mol.